The Hall–Kier alpha value is -2.08. The molecule has 0 atom stereocenters. The van der Waals surface area contributed by atoms with Gasteiger partial charge in [-0.1, -0.05) is 30.3 Å². The van der Waals surface area contributed by atoms with Crippen LogP contribution in [0.2, 0.25) is 0 Å². The largest absolute Gasteiger partial charge is 0.508 e. The van der Waals surface area contributed by atoms with E-state index in [0.29, 0.717) is 4.48 Å². The number of ether oxygens (including phenoxy) is 3. The number of cyclic esters (lactones) is 2. The third kappa shape index (κ3) is 4.21. The van der Waals surface area contributed by atoms with E-state index in [9.17, 15) is 9.59 Å². The van der Waals surface area contributed by atoms with Gasteiger partial charge >= 0.3 is 12.1 Å². The van der Waals surface area contributed by atoms with Crippen LogP contribution in [0.3, 0.4) is 0 Å². The van der Waals surface area contributed by atoms with Crippen molar-refractivity contribution in [2.24, 2.45) is 5.41 Å². The van der Waals surface area contributed by atoms with Gasteiger partial charge in [-0.15, -0.1) is 0 Å². The predicted octanol–water partition coefficient (Wildman–Crippen LogP) is 1.94. The van der Waals surface area contributed by atoms with Gasteiger partial charge in [-0.3, -0.25) is 9.28 Å². The Bertz CT molecular complexity index is 531. The Morgan fingerprint density at radius 3 is 2.41 bits per heavy atom. The van der Waals surface area contributed by atoms with Crippen molar-refractivity contribution in [3.8, 4) is 0 Å². The molecule has 1 saturated heterocycles. The smallest absolute Gasteiger partial charge is 0.433 e. The molecular formula is C16H22NO5+. The fourth-order valence-electron chi connectivity index (χ4n) is 2.17. The van der Waals surface area contributed by atoms with Crippen molar-refractivity contribution in [1.29, 1.82) is 0 Å². The summed E-state index contributed by atoms with van der Waals surface area (Å²) in [4.78, 5) is 23.1. The molecule has 1 fully saturated rings. The monoisotopic (exact) mass is 308 g/mol. The molecule has 0 aromatic heterocycles. The van der Waals surface area contributed by atoms with E-state index in [1.165, 1.54) is 5.56 Å². The molecule has 1 aliphatic rings. The van der Waals surface area contributed by atoms with Crippen LogP contribution in [0, 0.1) is 5.41 Å². The molecule has 0 bridgehead atoms. The zero-order chi connectivity index (χ0) is 16.2. The van der Waals surface area contributed by atoms with Crippen LogP contribution >= 0.6 is 0 Å². The summed E-state index contributed by atoms with van der Waals surface area (Å²) < 4.78 is 15.5. The molecule has 120 valence electrons. The van der Waals surface area contributed by atoms with Crippen LogP contribution in [0.15, 0.2) is 30.3 Å². The molecule has 1 aromatic carbocycles. The molecule has 6 heteroatoms. The second-order valence-corrected chi connectivity index (χ2v) is 6.53. The highest BCUT2D eigenvalue weighted by Crippen LogP contribution is 2.24. The van der Waals surface area contributed by atoms with Gasteiger partial charge in [0.1, 0.15) is 25.2 Å². The summed E-state index contributed by atoms with van der Waals surface area (Å²) in [6.45, 7) is 2.61. The lowest BCUT2D eigenvalue weighted by molar-refractivity contribution is -0.920. The minimum atomic E-state index is -0.944. The van der Waals surface area contributed by atoms with Gasteiger partial charge in [0.05, 0.1) is 14.1 Å². The molecule has 1 aliphatic heterocycles. The summed E-state index contributed by atoms with van der Waals surface area (Å²) in [5.74, 6) is -0.417. The normalized spacial score (nSPS) is 17.3. The second kappa shape index (κ2) is 6.36. The highest BCUT2D eigenvalue weighted by molar-refractivity contribution is 5.78. The topological polar surface area (TPSA) is 61.8 Å². The molecular weight excluding hydrogens is 286 g/mol. The summed E-state index contributed by atoms with van der Waals surface area (Å²) in [7, 11) is 3.97. The summed E-state index contributed by atoms with van der Waals surface area (Å²) in [5.41, 5.74) is 0.227. The van der Waals surface area contributed by atoms with E-state index in [1.54, 1.807) is 6.92 Å². The van der Waals surface area contributed by atoms with E-state index < -0.39 is 17.5 Å². The lowest BCUT2D eigenvalue weighted by Gasteiger charge is -2.33. The molecule has 1 aromatic rings. The fraction of sp³-hybridized carbons (Fsp3) is 0.500. The number of hydrogen-bond acceptors (Lipinski definition) is 5. The van der Waals surface area contributed by atoms with E-state index in [1.807, 2.05) is 44.4 Å². The quantitative estimate of drug-likeness (QED) is 0.472. The van der Waals surface area contributed by atoms with Crippen LogP contribution in [0.1, 0.15) is 12.5 Å². The average Bonchev–Trinajstić information content (AvgIpc) is 2.49. The van der Waals surface area contributed by atoms with Gasteiger partial charge < -0.3 is 14.2 Å². The Kier molecular flexibility index (Phi) is 4.71. The van der Waals surface area contributed by atoms with Gasteiger partial charge in [0, 0.05) is 5.56 Å². The van der Waals surface area contributed by atoms with Crippen LogP contribution in [0.5, 0.6) is 0 Å². The fourth-order valence-corrected chi connectivity index (χ4v) is 2.17. The third-order valence-electron chi connectivity index (χ3n) is 3.51. The highest BCUT2D eigenvalue weighted by atomic mass is 16.7. The third-order valence-corrected chi connectivity index (χ3v) is 3.51. The van der Waals surface area contributed by atoms with Gasteiger partial charge in [-0.25, -0.2) is 4.79 Å². The molecule has 0 aliphatic carbocycles. The maximum absolute atomic E-state index is 12.2. The Labute approximate surface area is 130 Å². The SMILES string of the molecule is CC1(C(=O)OC[N+](C)(C)Cc2ccccc2)COC(=O)OC1. The number of carbonyl (C=O) groups is 2. The standard InChI is InChI=1S/C16H22NO5/c1-16(10-20-15(19)21-11-16)14(18)22-12-17(2,3)9-13-7-5-4-6-8-13/h4-8H,9-12H2,1-3H3/q+1. The van der Waals surface area contributed by atoms with E-state index in [0.717, 1.165) is 6.54 Å². The zero-order valence-electron chi connectivity index (χ0n) is 13.2. The first-order chi connectivity index (χ1) is 10.3. The summed E-state index contributed by atoms with van der Waals surface area (Å²) in [6, 6.07) is 10.0. The molecule has 0 saturated carbocycles. The van der Waals surface area contributed by atoms with E-state index in [2.05, 4.69) is 0 Å². The summed E-state index contributed by atoms with van der Waals surface area (Å²) in [5, 5.41) is 0. The maximum atomic E-state index is 12.2. The number of esters is 1. The molecule has 0 N–H and O–H groups in total. The van der Waals surface area contributed by atoms with Crippen LogP contribution in [-0.4, -0.2) is 50.6 Å². The zero-order valence-corrected chi connectivity index (χ0v) is 13.2. The predicted molar refractivity (Wildman–Crippen MR) is 78.6 cm³/mol. The molecule has 2 rings (SSSR count). The molecule has 0 radical (unpaired) electrons. The Morgan fingerprint density at radius 1 is 1.23 bits per heavy atom. The number of nitrogens with zero attached hydrogens (tertiary/aromatic N) is 1. The first-order valence-electron chi connectivity index (χ1n) is 7.13. The maximum Gasteiger partial charge on any atom is 0.508 e. The Balaban J connectivity index is 1.88. The molecule has 0 spiro atoms. The lowest BCUT2D eigenvalue weighted by atomic mass is 9.93. The van der Waals surface area contributed by atoms with Crippen LogP contribution < -0.4 is 0 Å². The first kappa shape index (κ1) is 16.3. The molecule has 22 heavy (non-hydrogen) atoms. The van der Waals surface area contributed by atoms with E-state index >= 15 is 0 Å². The van der Waals surface area contributed by atoms with Gasteiger partial charge in [0.15, 0.2) is 0 Å². The number of hydrogen-bond donors (Lipinski definition) is 0. The van der Waals surface area contributed by atoms with Gasteiger partial charge in [0.2, 0.25) is 6.73 Å². The van der Waals surface area contributed by atoms with E-state index in [4.69, 9.17) is 14.2 Å². The lowest BCUT2D eigenvalue weighted by Crippen LogP contribution is -2.47. The van der Waals surface area contributed by atoms with Crippen LogP contribution in [-0.2, 0) is 25.5 Å². The van der Waals surface area contributed by atoms with Gasteiger partial charge in [-0.2, -0.15) is 0 Å². The van der Waals surface area contributed by atoms with Crippen molar-refractivity contribution >= 4 is 12.1 Å². The minimum absolute atomic E-state index is 0.0171. The van der Waals surface area contributed by atoms with Crippen molar-refractivity contribution in [2.75, 3.05) is 34.0 Å². The number of quaternary nitrogens is 1. The first-order valence-corrected chi connectivity index (χ1v) is 7.13. The summed E-state index contributed by atoms with van der Waals surface area (Å²) >= 11 is 0. The van der Waals surface area contributed by atoms with Crippen molar-refractivity contribution < 1.29 is 28.3 Å². The number of benzene rings is 1. The van der Waals surface area contributed by atoms with Crippen molar-refractivity contribution in [3.05, 3.63) is 35.9 Å². The molecule has 1 heterocycles. The van der Waals surface area contributed by atoms with Crippen molar-refractivity contribution in [1.82, 2.24) is 0 Å². The van der Waals surface area contributed by atoms with Gasteiger partial charge in [-0.05, 0) is 6.92 Å². The Morgan fingerprint density at radius 2 is 1.82 bits per heavy atom. The second-order valence-electron chi connectivity index (χ2n) is 6.53. The molecule has 6 nitrogen and oxygen atoms in total. The van der Waals surface area contributed by atoms with Crippen molar-refractivity contribution in [3.63, 3.8) is 0 Å². The molecule has 0 amide bonds. The average molecular weight is 308 g/mol. The van der Waals surface area contributed by atoms with Crippen molar-refractivity contribution in [2.45, 2.75) is 13.5 Å². The minimum Gasteiger partial charge on any atom is -0.433 e. The van der Waals surface area contributed by atoms with Crippen LogP contribution in [0.25, 0.3) is 0 Å². The highest BCUT2D eigenvalue weighted by Gasteiger charge is 2.42. The van der Waals surface area contributed by atoms with Gasteiger partial charge in [0.25, 0.3) is 0 Å². The number of carbonyl (C=O) groups excluding carboxylic acids is 2. The summed E-state index contributed by atoms with van der Waals surface area (Å²) in [6.07, 6.45) is -0.745. The van der Waals surface area contributed by atoms with Crippen LogP contribution in [0.4, 0.5) is 4.79 Å². The molecule has 0 unspecified atom stereocenters. The van der Waals surface area contributed by atoms with E-state index in [-0.39, 0.29) is 19.9 Å². The number of rotatable bonds is 5.